The Hall–Kier alpha value is -2.14. The summed E-state index contributed by atoms with van der Waals surface area (Å²) in [5, 5.41) is 3.87. The highest BCUT2D eigenvalue weighted by Crippen LogP contribution is 2.31. The van der Waals surface area contributed by atoms with Crippen molar-refractivity contribution < 1.29 is 14.3 Å². The summed E-state index contributed by atoms with van der Waals surface area (Å²) in [6.45, 7) is 6.48. The Morgan fingerprint density at radius 3 is 2.72 bits per heavy atom. The summed E-state index contributed by atoms with van der Waals surface area (Å²) in [4.78, 5) is 17.2. The van der Waals surface area contributed by atoms with Crippen LogP contribution in [0.2, 0.25) is 0 Å². The van der Waals surface area contributed by atoms with Crippen molar-refractivity contribution in [2.75, 3.05) is 19.0 Å². The number of rotatable bonds is 9. The molecule has 5 heteroatoms. The Balaban J connectivity index is 2.27. The molecule has 1 N–H and O–H groups in total. The Morgan fingerprint density at radius 1 is 1.24 bits per heavy atom. The molecule has 25 heavy (non-hydrogen) atoms. The van der Waals surface area contributed by atoms with Gasteiger partial charge in [0.05, 0.1) is 12.3 Å². The smallest absolute Gasteiger partial charge is 0.256 e. The number of fused-ring (bicyclic) bond motifs is 1. The molecule has 0 unspecified atom stereocenters. The molecule has 0 saturated heterocycles. The summed E-state index contributed by atoms with van der Waals surface area (Å²) >= 11 is 0. The molecular formula is C20H28N2O3. The Labute approximate surface area is 149 Å². The fraction of sp³-hybridized carbons (Fsp3) is 0.500. The normalized spacial score (nSPS) is 13.4. The standard InChI is InChI=1S/C20H28N2O3/c1-5-7-8-13-20(3,24-4)19(23)22-16-11-12-17(25-6-2)18-15(16)10-9-14-21-18/h9-12,14H,5-8,13H2,1-4H3,(H,22,23)/t20-/m1/s1. The number of hydrogen-bond acceptors (Lipinski definition) is 4. The van der Waals surface area contributed by atoms with Crippen molar-refractivity contribution in [1.29, 1.82) is 0 Å². The second kappa shape index (κ2) is 8.81. The van der Waals surface area contributed by atoms with Crippen LogP contribution in [0.15, 0.2) is 30.5 Å². The maximum absolute atomic E-state index is 12.8. The number of nitrogens with zero attached hydrogens (tertiary/aromatic N) is 1. The van der Waals surface area contributed by atoms with E-state index >= 15 is 0 Å². The largest absolute Gasteiger partial charge is 0.492 e. The molecule has 0 aliphatic heterocycles. The van der Waals surface area contributed by atoms with E-state index in [2.05, 4.69) is 17.2 Å². The molecule has 0 radical (unpaired) electrons. The van der Waals surface area contributed by atoms with Crippen molar-refractivity contribution in [3.8, 4) is 5.75 Å². The second-order valence-electron chi connectivity index (χ2n) is 6.29. The summed E-state index contributed by atoms with van der Waals surface area (Å²) in [7, 11) is 1.59. The lowest BCUT2D eigenvalue weighted by Crippen LogP contribution is -2.42. The minimum Gasteiger partial charge on any atom is -0.492 e. The van der Waals surface area contributed by atoms with Gasteiger partial charge in [0.15, 0.2) is 0 Å². The van der Waals surface area contributed by atoms with Crippen molar-refractivity contribution in [2.24, 2.45) is 0 Å². The summed E-state index contributed by atoms with van der Waals surface area (Å²) in [6, 6.07) is 7.48. The Morgan fingerprint density at radius 2 is 2.04 bits per heavy atom. The van der Waals surface area contributed by atoms with Gasteiger partial charge in [-0.3, -0.25) is 9.78 Å². The minimum atomic E-state index is -0.845. The molecular weight excluding hydrogens is 316 g/mol. The summed E-state index contributed by atoms with van der Waals surface area (Å²) in [5.41, 5.74) is 0.616. The first-order valence-electron chi connectivity index (χ1n) is 8.92. The summed E-state index contributed by atoms with van der Waals surface area (Å²) in [6.07, 6.45) is 5.56. The van der Waals surface area contributed by atoms with Gasteiger partial charge in [0.25, 0.3) is 5.91 Å². The van der Waals surface area contributed by atoms with E-state index in [-0.39, 0.29) is 5.91 Å². The van der Waals surface area contributed by atoms with Gasteiger partial charge in [0.2, 0.25) is 0 Å². The van der Waals surface area contributed by atoms with Crippen LogP contribution in [0, 0.1) is 0 Å². The van der Waals surface area contributed by atoms with E-state index in [1.807, 2.05) is 38.1 Å². The van der Waals surface area contributed by atoms with Crippen LogP contribution in [0.3, 0.4) is 0 Å². The molecule has 2 aromatic rings. The van der Waals surface area contributed by atoms with Crippen LogP contribution < -0.4 is 10.1 Å². The molecule has 1 aromatic carbocycles. The highest BCUT2D eigenvalue weighted by atomic mass is 16.5. The zero-order valence-electron chi connectivity index (χ0n) is 15.6. The van der Waals surface area contributed by atoms with Crippen molar-refractivity contribution in [3.63, 3.8) is 0 Å². The first-order chi connectivity index (χ1) is 12.1. The van der Waals surface area contributed by atoms with Crippen molar-refractivity contribution >= 4 is 22.5 Å². The molecule has 2 rings (SSSR count). The quantitative estimate of drug-likeness (QED) is 0.678. The van der Waals surface area contributed by atoms with Crippen molar-refractivity contribution in [1.82, 2.24) is 4.98 Å². The van der Waals surface area contributed by atoms with Crippen molar-refractivity contribution in [2.45, 2.75) is 52.1 Å². The molecule has 5 nitrogen and oxygen atoms in total. The Kier molecular flexibility index (Phi) is 6.76. The monoisotopic (exact) mass is 344 g/mol. The summed E-state index contributed by atoms with van der Waals surface area (Å²) in [5.74, 6) is 0.578. The number of benzene rings is 1. The second-order valence-corrected chi connectivity index (χ2v) is 6.29. The Bertz CT molecular complexity index is 717. The maximum atomic E-state index is 12.8. The maximum Gasteiger partial charge on any atom is 0.256 e. The minimum absolute atomic E-state index is 0.139. The molecule has 1 aromatic heterocycles. The van der Waals surface area contributed by atoms with Gasteiger partial charge >= 0.3 is 0 Å². The fourth-order valence-corrected chi connectivity index (χ4v) is 2.80. The van der Waals surface area contributed by atoms with Crippen LogP contribution in [0.5, 0.6) is 5.75 Å². The van der Waals surface area contributed by atoms with Crippen LogP contribution in [-0.2, 0) is 9.53 Å². The SMILES string of the molecule is CCCCC[C@@](C)(OC)C(=O)Nc1ccc(OCC)c2ncccc12. The van der Waals surface area contributed by atoms with E-state index in [1.165, 1.54) is 0 Å². The molecule has 0 bridgehead atoms. The third kappa shape index (κ3) is 4.48. The van der Waals surface area contributed by atoms with E-state index < -0.39 is 5.60 Å². The number of hydrogen-bond donors (Lipinski definition) is 1. The number of pyridine rings is 1. The van der Waals surface area contributed by atoms with Gasteiger partial charge in [0, 0.05) is 18.7 Å². The van der Waals surface area contributed by atoms with E-state index in [0.29, 0.717) is 18.8 Å². The molecule has 0 saturated carbocycles. The third-order valence-corrected chi connectivity index (χ3v) is 4.47. The van der Waals surface area contributed by atoms with Gasteiger partial charge in [-0.2, -0.15) is 0 Å². The molecule has 1 heterocycles. The van der Waals surface area contributed by atoms with E-state index in [0.717, 1.165) is 35.9 Å². The van der Waals surface area contributed by atoms with Crippen LogP contribution in [-0.4, -0.2) is 30.2 Å². The molecule has 0 aliphatic carbocycles. The number of unbranched alkanes of at least 4 members (excludes halogenated alkanes) is 2. The van der Waals surface area contributed by atoms with Crippen molar-refractivity contribution in [3.05, 3.63) is 30.5 Å². The van der Waals surface area contributed by atoms with E-state index in [9.17, 15) is 4.79 Å². The van der Waals surface area contributed by atoms with Crippen LogP contribution in [0.25, 0.3) is 10.9 Å². The number of nitrogens with one attached hydrogen (secondary N) is 1. The highest BCUT2D eigenvalue weighted by Gasteiger charge is 2.32. The lowest BCUT2D eigenvalue weighted by molar-refractivity contribution is -0.136. The number of amides is 1. The van der Waals surface area contributed by atoms with Gasteiger partial charge in [-0.25, -0.2) is 0 Å². The van der Waals surface area contributed by atoms with Gasteiger partial charge < -0.3 is 14.8 Å². The first kappa shape index (κ1) is 19.2. The average Bonchev–Trinajstić information content (AvgIpc) is 2.63. The topological polar surface area (TPSA) is 60.5 Å². The average molecular weight is 344 g/mol. The number of carbonyl (C=O) groups excluding carboxylic acids is 1. The summed E-state index contributed by atoms with van der Waals surface area (Å²) < 4.78 is 11.2. The number of aromatic nitrogens is 1. The zero-order chi connectivity index (χ0) is 18.3. The van der Waals surface area contributed by atoms with Gasteiger partial charge in [0.1, 0.15) is 16.9 Å². The molecule has 0 fully saturated rings. The predicted octanol–water partition coefficient (Wildman–Crippen LogP) is 4.56. The number of ether oxygens (including phenoxy) is 2. The molecule has 1 atom stereocenters. The molecule has 136 valence electrons. The lowest BCUT2D eigenvalue weighted by atomic mass is 9.96. The van der Waals surface area contributed by atoms with Gasteiger partial charge in [-0.05, 0) is 44.5 Å². The third-order valence-electron chi connectivity index (χ3n) is 4.47. The molecule has 1 amide bonds. The predicted molar refractivity (Wildman–Crippen MR) is 101 cm³/mol. The van der Waals surface area contributed by atoms with Gasteiger partial charge in [-0.15, -0.1) is 0 Å². The van der Waals surface area contributed by atoms with Crippen LogP contribution in [0.1, 0.15) is 46.5 Å². The lowest BCUT2D eigenvalue weighted by Gasteiger charge is -2.27. The molecule has 0 spiro atoms. The van der Waals surface area contributed by atoms with E-state index in [1.54, 1.807) is 13.3 Å². The van der Waals surface area contributed by atoms with Gasteiger partial charge in [-0.1, -0.05) is 26.2 Å². The highest BCUT2D eigenvalue weighted by molar-refractivity contribution is 6.05. The first-order valence-corrected chi connectivity index (χ1v) is 8.92. The molecule has 0 aliphatic rings. The fourth-order valence-electron chi connectivity index (χ4n) is 2.80. The number of carbonyl (C=O) groups is 1. The van der Waals surface area contributed by atoms with Crippen LogP contribution in [0.4, 0.5) is 5.69 Å². The van der Waals surface area contributed by atoms with Crippen LogP contribution >= 0.6 is 0 Å². The number of methoxy groups -OCH3 is 1. The number of anilines is 1. The zero-order valence-corrected chi connectivity index (χ0v) is 15.6. The van der Waals surface area contributed by atoms with E-state index in [4.69, 9.17) is 9.47 Å².